The molecule has 1 atom stereocenters. The molecule has 3 nitrogen and oxygen atoms in total. The van der Waals surface area contributed by atoms with Crippen molar-refractivity contribution in [1.82, 2.24) is 0 Å². The second kappa shape index (κ2) is 5.46. The SMILES string of the molecule is O=CCC1CN2C(=Cc3sc4ccccc4[n+]31)Sc1ccccc12. The van der Waals surface area contributed by atoms with Crippen LogP contribution in [0.5, 0.6) is 0 Å². The number of carbonyl (C=O) groups excluding carboxylic acids is 1. The third kappa shape index (κ3) is 2.05. The number of para-hydroxylation sites is 2. The van der Waals surface area contributed by atoms with Crippen LogP contribution in [0.25, 0.3) is 16.3 Å². The first kappa shape index (κ1) is 14.3. The van der Waals surface area contributed by atoms with E-state index in [9.17, 15) is 4.79 Å². The van der Waals surface area contributed by atoms with E-state index in [0.717, 1.165) is 12.8 Å². The molecular formula is C19H15N2OS2+. The Morgan fingerprint density at radius 3 is 2.92 bits per heavy atom. The summed E-state index contributed by atoms with van der Waals surface area (Å²) < 4.78 is 3.62. The number of carbonyl (C=O) groups is 1. The zero-order chi connectivity index (χ0) is 16.1. The zero-order valence-electron chi connectivity index (χ0n) is 12.9. The summed E-state index contributed by atoms with van der Waals surface area (Å²) in [4.78, 5) is 15.0. The lowest BCUT2D eigenvalue weighted by Gasteiger charge is -2.20. The summed E-state index contributed by atoms with van der Waals surface area (Å²) in [5, 5.41) is 2.48. The molecule has 2 aliphatic rings. The van der Waals surface area contributed by atoms with Crippen molar-refractivity contribution in [2.24, 2.45) is 0 Å². The van der Waals surface area contributed by atoms with Gasteiger partial charge in [-0.2, -0.15) is 4.57 Å². The molecule has 118 valence electrons. The quantitative estimate of drug-likeness (QED) is 0.510. The number of rotatable bonds is 2. The van der Waals surface area contributed by atoms with Crippen LogP contribution in [0.15, 0.2) is 58.5 Å². The molecule has 3 heterocycles. The van der Waals surface area contributed by atoms with Crippen molar-refractivity contribution in [3.8, 4) is 0 Å². The summed E-state index contributed by atoms with van der Waals surface area (Å²) in [6.07, 6.45) is 3.86. The second-order valence-electron chi connectivity index (χ2n) is 6.00. The Balaban J connectivity index is 1.72. The van der Waals surface area contributed by atoms with Gasteiger partial charge in [0.25, 0.3) is 5.01 Å². The summed E-state index contributed by atoms with van der Waals surface area (Å²) >= 11 is 3.62. The van der Waals surface area contributed by atoms with Gasteiger partial charge < -0.3 is 9.69 Å². The molecule has 0 amide bonds. The number of anilines is 1. The van der Waals surface area contributed by atoms with Crippen molar-refractivity contribution in [3.05, 3.63) is 58.6 Å². The van der Waals surface area contributed by atoms with Crippen molar-refractivity contribution >= 4 is 51.4 Å². The molecule has 0 saturated carbocycles. The molecule has 1 unspecified atom stereocenters. The van der Waals surface area contributed by atoms with Crippen LogP contribution < -0.4 is 9.47 Å². The van der Waals surface area contributed by atoms with Crippen LogP contribution in [0.3, 0.4) is 0 Å². The molecule has 0 bridgehead atoms. The second-order valence-corrected chi connectivity index (χ2v) is 8.12. The highest BCUT2D eigenvalue weighted by molar-refractivity contribution is 8.03. The van der Waals surface area contributed by atoms with Crippen LogP contribution in [0.4, 0.5) is 5.69 Å². The maximum absolute atomic E-state index is 11.3. The highest BCUT2D eigenvalue weighted by Crippen LogP contribution is 2.48. The molecule has 0 N–H and O–H groups in total. The first-order valence-corrected chi connectivity index (χ1v) is 9.61. The smallest absolute Gasteiger partial charge is 0.265 e. The summed E-state index contributed by atoms with van der Waals surface area (Å²) in [6, 6.07) is 17.1. The number of hydrogen-bond acceptors (Lipinski definition) is 4. The molecule has 5 heteroatoms. The predicted octanol–water partition coefficient (Wildman–Crippen LogP) is 4.24. The number of thioether (sulfide) groups is 1. The minimum atomic E-state index is 0.147. The molecule has 2 aliphatic heterocycles. The Hall–Kier alpha value is -2.11. The normalized spacial score (nSPS) is 18.6. The number of aromatic nitrogens is 1. The molecule has 5 rings (SSSR count). The van der Waals surface area contributed by atoms with Crippen molar-refractivity contribution < 1.29 is 9.36 Å². The molecule has 3 aromatic rings. The van der Waals surface area contributed by atoms with E-state index in [2.05, 4.69) is 64.1 Å². The number of benzene rings is 2. The Kier molecular flexibility index (Phi) is 3.24. The topological polar surface area (TPSA) is 24.2 Å². The lowest BCUT2D eigenvalue weighted by Crippen LogP contribution is -2.45. The first-order valence-electron chi connectivity index (χ1n) is 7.98. The molecule has 0 fully saturated rings. The van der Waals surface area contributed by atoms with Gasteiger partial charge in [0.1, 0.15) is 11.0 Å². The largest absolute Gasteiger partial charge is 0.328 e. The molecule has 0 radical (unpaired) electrons. The lowest BCUT2D eigenvalue weighted by molar-refractivity contribution is -0.691. The number of fused-ring (bicyclic) bond motifs is 6. The minimum absolute atomic E-state index is 0.147. The highest BCUT2D eigenvalue weighted by Gasteiger charge is 2.37. The van der Waals surface area contributed by atoms with E-state index in [1.165, 1.54) is 30.8 Å². The van der Waals surface area contributed by atoms with Crippen molar-refractivity contribution in [1.29, 1.82) is 0 Å². The average Bonchev–Trinajstić information content (AvgIpc) is 3.09. The minimum Gasteiger partial charge on any atom is -0.328 e. The van der Waals surface area contributed by atoms with E-state index in [1.807, 2.05) is 11.8 Å². The third-order valence-corrected chi connectivity index (χ3v) is 6.79. The fraction of sp³-hybridized carbons (Fsp3) is 0.158. The molecular weight excluding hydrogens is 336 g/mol. The van der Waals surface area contributed by atoms with Crippen LogP contribution in [-0.4, -0.2) is 12.8 Å². The summed E-state index contributed by atoms with van der Waals surface area (Å²) in [5.74, 6) is 0. The van der Waals surface area contributed by atoms with Crippen molar-refractivity contribution in [2.75, 3.05) is 11.4 Å². The molecule has 24 heavy (non-hydrogen) atoms. The van der Waals surface area contributed by atoms with Gasteiger partial charge in [-0.3, -0.25) is 0 Å². The summed E-state index contributed by atoms with van der Waals surface area (Å²) in [7, 11) is 0. The van der Waals surface area contributed by atoms with Gasteiger partial charge in [-0.1, -0.05) is 47.4 Å². The van der Waals surface area contributed by atoms with Crippen LogP contribution in [0.1, 0.15) is 17.5 Å². The molecule has 0 spiro atoms. The van der Waals surface area contributed by atoms with Crippen LogP contribution in [0.2, 0.25) is 0 Å². The van der Waals surface area contributed by atoms with Crippen LogP contribution in [-0.2, 0) is 4.79 Å². The maximum Gasteiger partial charge on any atom is 0.265 e. The molecule has 2 aromatic carbocycles. The van der Waals surface area contributed by atoms with Gasteiger partial charge in [-0.25, -0.2) is 0 Å². The van der Waals surface area contributed by atoms with Gasteiger partial charge in [0, 0.05) is 11.0 Å². The first-order chi connectivity index (χ1) is 11.8. The standard InChI is InChI=1S/C19H15N2OS2/c22-10-9-13-12-20-14-5-1-3-7-16(14)23-18(20)11-19-21(13)15-6-2-4-8-17(15)24-19/h1-8,10-11,13H,9,12H2/q+1. The van der Waals surface area contributed by atoms with Gasteiger partial charge in [-0.15, -0.1) is 0 Å². The predicted molar refractivity (Wildman–Crippen MR) is 99.4 cm³/mol. The van der Waals surface area contributed by atoms with Gasteiger partial charge in [0.15, 0.2) is 6.04 Å². The number of thiazole rings is 1. The van der Waals surface area contributed by atoms with Gasteiger partial charge in [0.2, 0.25) is 5.52 Å². The fourth-order valence-electron chi connectivity index (χ4n) is 3.54. The summed E-state index contributed by atoms with van der Waals surface area (Å²) in [6.45, 7) is 0.826. The van der Waals surface area contributed by atoms with Crippen molar-refractivity contribution in [3.63, 3.8) is 0 Å². The monoisotopic (exact) mass is 351 g/mol. The average molecular weight is 351 g/mol. The van der Waals surface area contributed by atoms with Gasteiger partial charge in [-0.05, 0) is 18.2 Å². The van der Waals surface area contributed by atoms with E-state index in [1.54, 1.807) is 11.3 Å². The van der Waals surface area contributed by atoms with Crippen molar-refractivity contribution in [2.45, 2.75) is 17.4 Å². The van der Waals surface area contributed by atoms with Crippen LogP contribution in [0, 0.1) is 0 Å². The number of hydrogen-bond donors (Lipinski definition) is 0. The number of aldehydes is 1. The molecule has 0 saturated heterocycles. The Morgan fingerprint density at radius 1 is 1.17 bits per heavy atom. The molecule has 1 aromatic heterocycles. The Bertz CT molecular complexity index is 992. The van der Waals surface area contributed by atoms with Gasteiger partial charge >= 0.3 is 0 Å². The summed E-state index contributed by atoms with van der Waals surface area (Å²) in [5.41, 5.74) is 2.48. The third-order valence-electron chi connectivity index (χ3n) is 4.59. The zero-order valence-corrected chi connectivity index (χ0v) is 14.5. The van der Waals surface area contributed by atoms with E-state index >= 15 is 0 Å². The number of nitrogens with zero attached hydrogens (tertiary/aromatic N) is 2. The Morgan fingerprint density at radius 2 is 2.00 bits per heavy atom. The van der Waals surface area contributed by atoms with Gasteiger partial charge in [0.05, 0.1) is 29.8 Å². The van der Waals surface area contributed by atoms with E-state index in [-0.39, 0.29) is 6.04 Å². The van der Waals surface area contributed by atoms with E-state index < -0.39 is 0 Å². The van der Waals surface area contributed by atoms with Crippen LogP contribution >= 0.6 is 23.1 Å². The fourth-order valence-corrected chi connectivity index (χ4v) is 5.88. The highest BCUT2D eigenvalue weighted by atomic mass is 32.2. The van der Waals surface area contributed by atoms with E-state index in [0.29, 0.717) is 6.42 Å². The molecule has 0 aliphatic carbocycles. The lowest BCUT2D eigenvalue weighted by atomic mass is 10.1. The Labute approximate surface area is 148 Å². The maximum atomic E-state index is 11.3. The van der Waals surface area contributed by atoms with E-state index in [4.69, 9.17) is 0 Å².